The van der Waals surface area contributed by atoms with Gasteiger partial charge in [0.2, 0.25) is 0 Å². The van der Waals surface area contributed by atoms with Crippen LogP contribution < -0.4 is 4.90 Å². The fraction of sp³-hybridized carbons (Fsp3) is 0.387. The summed E-state index contributed by atoms with van der Waals surface area (Å²) in [7, 11) is 0. The first kappa shape index (κ1) is 23.6. The molecule has 2 heterocycles. The number of para-hydroxylation sites is 1. The highest BCUT2D eigenvalue weighted by molar-refractivity contribution is 5.97. The topological polar surface area (TPSA) is 26.8 Å². The van der Waals surface area contributed by atoms with Crippen LogP contribution in [-0.4, -0.2) is 54.1 Å². The van der Waals surface area contributed by atoms with Crippen LogP contribution in [0.15, 0.2) is 91.0 Å². The Kier molecular flexibility index (Phi) is 6.92. The molecule has 0 unspecified atom stereocenters. The van der Waals surface area contributed by atoms with Crippen molar-refractivity contribution in [1.29, 1.82) is 0 Å². The lowest BCUT2D eigenvalue weighted by molar-refractivity contribution is 0.212. The van der Waals surface area contributed by atoms with Crippen LogP contribution in [0, 0.1) is 5.92 Å². The molecular weight excluding hydrogens is 430 g/mol. The van der Waals surface area contributed by atoms with Crippen molar-refractivity contribution < 1.29 is 4.79 Å². The first-order chi connectivity index (χ1) is 17.1. The molecule has 0 aromatic heterocycles. The van der Waals surface area contributed by atoms with Crippen LogP contribution in [0.2, 0.25) is 0 Å². The smallest absolute Gasteiger partial charge is 0.322 e. The van der Waals surface area contributed by atoms with Crippen molar-refractivity contribution in [2.24, 2.45) is 5.92 Å². The number of anilines is 1. The minimum atomic E-state index is -0.276. The van der Waals surface area contributed by atoms with Gasteiger partial charge in [-0.2, -0.15) is 0 Å². The van der Waals surface area contributed by atoms with E-state index < -0.39 is 0 Å². The number of amides is 2. The van der Waals surface area contributed by atoms with Gasteiger partial charge >= 0.3 is 6.03 Å². The van der Waals surface area contributed by atoms with Crippen molar-refractivity contribution in [2.45, 2.75) is 38.1 Å². The monoisotopic (exact) mass is 467 g/mol. The Bertz CT molecular complexity index is 1100. The molecule has 0 radical (unpaired) electrons. The number of hydrogen-bond donors (Lipinski definition) is 0. The lowest BCUT2D eigenvalue weighted by Crippen LogP contribution is -2.53. The molecule has 182 valence electrons. The van der Waals surface area contributed by atoms with Gasteiger partial charge in [0, 0.05) is 37.8 Å². The van der Waals surface area contributed by atoms with Crippen molar-refractivity contribution >= 4 is 11.7 Å². The second-order valence-corrected chi connectivity index (χ2v) is 10.6. The molecule has 0 saturated carbocycles. The molecule has 5 rings (SSSR count). The third kappa shape index (κ3) is 4.85. The van der Waals surface area contributed by atoms with Gasteiger partial charge in [0.05, 0.1) is 5.54 Å². The van der Waals surface area contributed by atoms with Gasteiger partial charge in [-0.05, 0) is 48.6 Å². The van der Waals surface area contributed by atoms with Gasteiger partial charge in [-0.15, -0.1) is 0 Å². The van der Waals surface area contributed by atoms with Gasteiger partial charge in [0.15, 0.2) is 0 Å². The van der Waals surface area contributed by atoms with Gasteiger partial charge in [0.1, 0.15) is 0 Å². The number of carbonyl (C=O) groups excluding carboxylic acids is 1. The number of rotatable bonds is 8. The summed E-state index contributed by atoms with van der Waals surface area (Å²) in [6, 6.07) is 32.1. The molecule has 0 aliphatic carbocycles. The molecule has 0 N–H and O–H groups in total. The molecule has 2 atom stereocenters. The second kappa shape index (κ2) is 10.2. The van der Waals surface area contributed by atoms with Gasteiger partial charge in [-0.25, -0.2) is 4.79 Å². The van der Waals surface area contributed by atoms with E-state index in [1.54, 1.807) is 0 Å². The largest absolute Gasteiger partial charge is 0.325 e. The lowest BCUT2D eigenvalue weighted by atomic mass is 9.81. The van der Waals surface area contributed by atoms with E-state index in [1.165, 1.54) is 11.1 Å². The maximum atomic E-state index is 13.9. The standard InChI is InChI=1S/C31H37N3O/c1-25(2)21-33-24-31(34(30(33)35)28-18-10-5-11-19-28)23-32(20-12-15-26-13-6-3-7-14-26)22-29(31)27-16-8-4-9-17-27/h3-11,13-14,16-19,25,29H,12,15,20-24H2,1-2H3/t29-,31+/m1/s1. The van der Waals surface area contributed by atoms with E-state index in [1.807, 2.05) is 18.2 Å². The van der Waals surface area contributed by atoms with E-state index in [2.05, 4.69) is 101 Å². The van der Waals surface area contributed by atoms with E-state index in [0.29, 0.717) is 5.92 Å². The van der Waals surface area contributed by atoms with Gasteiger partial charge in [0.25, 0.3) is 0 Å². The molecule has 3 aromatic rings. The predicted octanol–water partition coefficient (Wildman–Crippen LogP) is 6.06. The van der Waals surface area contributed by atoms with Gasteiger partial charge in [-0.1, -0.05) is 92.7 Å². The van der Waals surface area contributed by atoms with Crippen LogP contribution in [0.25, 0.3) is 0 Å². The molecule has 2 saturated heterocycles. The molecule has 2 aliphatic rings. The van der Waals surface area contributed by atoms with Crippen molar-refractivity contribution in [2.75, 3.05) is 37.6 Å². The Hall–Kier alpha value is -3.11. The third-order valence-electron chi connectivity index (χ3n) is 7.54. The molecule has 2 fully saturated rings. The second-order valence-electron chi connectivity index (χ2n) is 10.6. The number of benzene rings is 3. The van der Waals surface area contributed by atoms with E-state index in [4.69, 9.17) is 0 Å². The van der Waals surface area contributed by atoms with E-state index in [0.717, 1.165) is 51.3 Å². The zero-order valence-corrected chi connectivity index (χ0v) is 21.0. The summed E-state index contributed by atoms with van der Waals surface area (Å²) in [6.07, 6.45) is 2.21. The van der Waals surface area contributed by atoms with E-state index in [-0.39, 0.29) is 17.5 Å². The molecule has 1 spiro atoms. The number of hydrogen-bond acceptors (Lipinski definition) is 2. The first-order valence-corrected chi connectivity index (χ1v) is 13.0. The minimum absolute atomic E-state index is 0.150. The zero-order chi connectivity index (χ0) is 24.3. The first-order valence-electron chi connectivity index (χ1n) is 13.0. The van der Waals surface area contributed by atoms with Crippen LogP contribution in [0.3, 0.4) is 0 Å². The van der Waals surface area contributed by atoms with E-state index >= 15 is 0 Å². The number of likely N-dealkylation sites (tertiary alicyclic amines) is 1. The highest BCUT2D eigenvalue weighted by atomic mass is 16.2. The maximum Gasteiger partial charge on any atom is 0.325 e. The van der Waals surface area contributed by atoms with Crippen LogP contribution in [-0.2, 0) is 6.42 Å². The van der Waals surface area contributed by atoms with Crippen LogP contribution >= 0.6 is 0 Å². The number of carbonyl (C=O) groups is 1. The summed E-state index contributed by atoms with van der Waals surface area (Å²) < 4.78 is 0. The molecule has 4 heteroatoms. The summed E-state index contributed by atoms with van der Waals surface area (Å²) in [6.45, 7) is 8.88. The number of nitrogens with zero attached hydrogens (tertiary/aromatic N) is 3. The molecule has 2 amide bonds. The zero-order valence-electron chi connectivity index (χ0n) is 21.0. The van der Waals surface area contributed by atoms with Crippen molar-refractivity contribution in [3.05, 3.63) is 102 Å². The minimum Gasteiger partial charge on any atom is -0.322 e. The van der Waals surface area contributed by atoms with Crippen LogP contribution in [0.1, 0.15) is 37.3 Å². The molecule has 35 heavy (non-hydrogen) atoms. The molecule has 0 bridgehead atoms. The SMILES string of the molecule is CC(C)CN1C[C@]2(CN(CCCc3ccccc3)C[C@@H]2c2ccccc2)N(c2ccccc2)C1=O. The average Bonchev–Trinajstić information content (AvgIpc) is 3.36. The summed E-state index contributed by atoms with van der Waals surface area (Å²) in [5.74, 6) is 0.701. The fourth-order valence-corrected chi connectivity index (χ4v) is 6.13. The Labute approximate surface area is 210 Å². The Morgan fingerprint density at radius 1 is 0.857 bits per heavy atom. The van der Waals surface area contributed by atoms with Crippen molar-refractivity contribution in [3.63, 3.8) is 0 Å². The lowest BCUT2D eigenvalue weighted by Gasteiger charge is -2.38. The third-order valence-corrected chi connectivity index (χ3v) is 7.54. The molecule has 4 nitrogen and oxygen atoms in total. The summed E-state index contributed by atoms with van der Waals surface area (Å²) in [4.78, 5) is 20.8. The highest BCUT2D eigenvalue weighted by Crippen LogP contribution is 2.47. The Morgan fingerprint density at radius 2 is 1.49 bits per heavy atom. The summed E-state index contributed by atoms with van der Waals surface area (Å²) >= 11 is 0. The summed E-state index contributed by atoms with van der Waals surface area (Å²) in [5.41, 5.74) is 3.46. The van der Waals surface area contributed by atoms with Crippen molar-refractivity contribution in [3.8, 4) is 0 Å². The predicted molar refractivity (Wildman–Crippen MR) is 144 cm³/mol. The van der Waals surface area contributed by atoms with Gasteiger partial charge in [-0.3, -0.25) is 4.90 Å². The normalized spacial score (nSPS) is 22.6. The maximum absolute atomic E-state index is 13.9. The number of urea groups is 1. The molecular formula is C31H37N3O. The van der Waals surface area contributed by atoms with E-state index in [9.17, 15) is 4.79 Å². The fourth-order valence-electron chi connectivity index (χ4n) is 6.13. The Balaban J connectivity index is 1.47. The van der Waals surface area contributed by atoms with Crippen LogP contribution in [0.4, 0.5) is 10.5 Å². The molecule has 2 aliphatic heterocycles. The van der Waals surface area contributed by atoms with Gasteiger partial charge < -0.3 is 9.80 Å². The Morgan fingerprint density at radius 3 is 2.14 bits per heavy atom. The highest BCUT2D eigenvalue weighted by Gasteiger charge is 2.59. The quantitative estimate of drug-likeness (QED) is 0.403. The summed E-state index contributed by atoms with van der Waals surface area (Å²) in [5, 5.41) is 0. The number of aryl methyl sites for hydroxylation is 1. The average molecular weight is 468 g/mol. The molecule has 3 aromatic carbocycles. The van der Waals surface area contributed by atoms with Crippen LogP contribution in [0.5, 0.6) is 0 Å². The van der Waals surface area contributed by atoms with Crippen molar-refractivity contribution in [1.82, 2.24) is 9.80 Å².